The van der Waals surface area contributed by atoms with Crippen LogP contribution in [0.1, 0.15) is 11.1 Å². The zero-order valence-electron chi connectivity index (χ0n) is 22.3. The van der Waals surface area contributed by atoms with Crippen LogP contribution < -0.4 is 0 Å². The molecule has 1 aliphatic rings. The van der Waals surface area contributed by atoms with E-state index in [0.717, 1.165) is 6.04 Å². The predicted molar refractivity (Wildman–Crippen MR) is 146 cm³/mol. The molecule has 3 aromatic rings. The van der Waals surface area contributed by atoms with Crippen molar-refractivity contribution < 1.29 is 22.3 Å². The van der Waals surface area contributed by atoms with Gasteiger partial charge in [0.15, 0.2) is 0 Å². The van der Waals surface area contributed by atoms with Gasteiger partial charge in [0.1, 0.15) is 24.3 Å². The lowest BCUT2D eigenvalue weighted by molar-refractivity contribution is 0.0408. The van der Waals surface area contributed by atoms with Crippen LogP contribution in [-0.4, -0.2) is 81.1 Å². The molecule has 1 aliphatic heterocycles. The number of halogens is 1. The van der Waals surface area contributed by atoms with Gasteiger partial charge in [0.05, 0.1) is 35.6 Å². The van der Waals surface area contributed by atoms with Crippen LogP contribution >= 0.6 is 0 Å². The van der Waals surface area contributed by atoms with Gasteiger partial charge in [0.2, 0.25) is 15.0 Å². The van der Waals surface area contributed by atoms with Crippen molar-refractivity contribution in [3.63, 3.8) is 0 Å². The molecule has 3 heterocycles. The highest BCUT2D eigenvalue weighted by molar-refractivity contribution is 7.91. The Kier molecular flexibility index (Phi) is 8.64. The monoisotopic (exact) mass is 559 g/mol. The molecule has 0 atom stereocenters. The van der Waals surface area contributed by atoms with Crippen molar-refractivity contribution in [3.8, 4) is 17.3 Å². The van der Waals surface area contributed by atoms with Crippen LogP contribution in [0.2, 0.25) is 25.7 Å². The number of ether oxygens (including phenoxy) is 2. The third-order valence-electron chi connectivity index (χ3n) is 6.54. The molecule has 1 aromatic carbocycles. The lowest BCUT2D eigenvalue weighted by atomic mass is 10.0. The minimum Gasteiger partial charge on any atom is -0.379 e. The highest BCUT2D eigenvalue weighted by atomic mass is 32.2. The van der Waals surface area contributed by atoms with Crippen molar-refractivity contribution in [1.82, 2.24) is 19.4 Å². The highest BCUT2D eigenvalue weighted by Gasteiger charge is 2.26. The maximum Gasteiger partial charge on any atom is 0.249 e. The third-order valence-corrected chi connectivity index (χ3v) is 9.71. The fourth-order valence-electron chi connectivity index (χ4n) is 4.28. The van der Waals surface area contributed by atoms with Crippen molar-refractivity contribution >= 4 is 28.9 Å². The van der Waals surface area contributed by atoms with Gasteiger partial charge in [-0.05, 0) is 36.7 Å². The molecule has 1 saturated heterocycles. The minimum atomic E-state index is -3.87. The van der Waals surface area contributed by atoms with E-state index >= 15 is 0 Å². The molecule has 0 aliphatic carbocycles. The molecule has 0 bridgehead atoms. The average molecular weight is 560 g/mol. The Balaban J connectivity index is 1.78. The van der Waals surface area contributed by atoms with E-state index in [-0.39, 0.29) is 23.3 Å². The van der Waals surface area contributed by atoms with Crippen LogP contribution in [0.4, 0.5) is 4.39 Å². The number of nitriles is 1. The molecule has 0 radical (unpaired) electrons. The van der Waals surface area contributed by atoms with Gasteiger partial charge >= 0.3 is 0 Å². The number of nitrogens with zero attached hydrogens (tertiary/aromatic N) is 5. The van der Waals surface area contributed by atoms with Crippen molar-refractivity contribution in [2.75, 3.05) is 45.2 Å². The van der Waals surface area contributed by atoms with Crippen LogP contribution in [0.5, 0.6) is 0 Å². The first kappa shape index (κ1) is 28.3. The Morgan fingerprint density at radius 3 is 2.61 bits per heavy atom. The van der Waals surface area contributed by atoms with Gasteiger partial charge in [0.25, 0.3) is 0 Å². The predicted octanol–water partition coefficient (Wildman–Crippen LogP) is 3.84. The molecule has 0 N–H and O–H groups in total. The first-order chi connectivity index (χ1) is 18.0. The standard InChI is InChI=1S/C26H34FN5O4SSi/c1-19-15-21(27)5-6-22(19)24-23-20(16-28)17-32(18-36-12-14-38(2,3)4)25(23)30-26(29-24)37(33,34)13-9-31-7-10-35-11-8-31/h5-6,15,17H,7-14,18H2,1-4H3. The van der Waals surface area contributed by atoms with Crippen molar-refractivity contribution in [1.29, 1.82) is 5.26 Å². The molecule has 12 heteroatoms. The van der Waals surface area contributed by atoms with Gasteiger partial charge in [-0.1, -0.05) is 19.6 Å². The molecule has 38 heavy (non-hydrogen) atoms. The minimum absolute atomic E-state index is 0.120. The van der Waals surface area contributed by atoms with Gasteiger partial charge in [0, 0.05) is 46.1 Å². The molecular weight excluding hydrogens is 525 g/mol. The SMILES string of the molecule is Cc1cc(F)ccc1-c1nc(S(=O)(=O)CCN2CCOCC2)nc2c1c(C#N)cn2COCC[Si](C)(C)C. The number of hydrogen-bond donors (Lipinski definition) is 0. The second-order valence-corrected chi connectivity index (χ2v) is 18.4. The van der Waals surface area contributed by atoms with E-state index in [1.54, 1.807) is 23.8 Å². The Morgan fingerprint density at radius 2 is 1.95 bits per heavy atom. The molecule has 0 saturated carbocycles. The fraction of sp³-hybridized carbons (Fsp3) is 0.500. The summed E-state index contributed by atoms with van der Waals surface area (Å²) in [5.41, 5.74) is 2.00. The number of morpholine rings is 1. The van der Waals surface area contributed by atoms with E-state index in [1.807, 2.05) is 4.90 Å². The maximum absolute atomic E-state index is 13.9. The molecule has 0 unspecified atom stereocenters. The number of hydrogen-bond acceptors (Lipinski definition) is 8. The van der Waals surface area contributed by atoms with E-state index in [4.69, 9.17) is 9.47 Å². The second-order valence-electron chi connectivity index (χ2n) is 10.8. The van der Waals surface area contributed by atoms with Crippen LogP contribution in [0, 0.1) is 24.1 Å². The van der Waals surface area contributed by atoms with E-state index in [2.05, 4.69) is 35.7 Å². The zero-order valence-corrected chi connectivity index (χ0v) is 24.1. The molecule has 1 fully saturated rings. The summed E-state index contributed by atoms with van der Waals surface area (Å²) in [5, 5.41) is 10.0. The van der Waals surface area contributed by atoms with Crippen LogP contribution in [0.15, 0.2) is 29.6 Å². The fourth-order valence-corrected chi connectivity index (χ4v) is 6.18. The van der Waals surface area contributed by atoms with Crippen molar-refractivity contribution in [3.05, 3.63) is 41.3 Å². The molecule has 0 spiro atoms. The number of rotatable bonds is 10. The summed E-state index contributed by atoms with van der Waals surface area (Å²) >= 11 is 0. The Bertz CT molecular complexity index is 1460. The summed E-state index contributed by atoms with van der Waals surface area (Å²) in [4.78, 5) is 11.0. The normalized spacial score (nSPS) is 15.2. The molecule has 4 rings (SSSR count). The zero-order chi connectivity index (χ0) is 27.5. The molecule has 2 aromatic heterocycles. The summed E-state index contributed by atoms with van der Waals surface area (Å²) in [6.07, 6.45) is 1.61. The van der Waals surface area contributed by atoms with Gasteiger partial charge in [-0.2, -0.15) is 10.2 Å². The average Bonchev–Trinajstić information content (AvgIpc) is 3.23. The summed E-state index contributed by atoms with van der Waals surface area (Å²) in [5.74, 6) is -0.567. The van der Waals surface area contributed by atoms with Gasteiger partial charge in [-0.15, -0.1) is 0 Å². The van der Waals surface area contributed by atoms with Gasteiger partial charge < -0.3 is 14.0 Å². The lowest BCUT2D eigenvalue weighted by Crippen LogP contribution is -2.39. The summed E-state index contributed by atoms with van der Waals surface area (Å²) in [6.45, 7) is 12.0. The quantitative estimate of drug-likeness (QED) is 0.209. The number of fused-ring (bicyclic) bond motifs is 1. The maximum atomic E-state index is 13.9. The van der Waals surface area contributed by atoms with Crippen molar-refractivity contribution in [2.24, 2.45) is 0 Å². The highest BCUT2D eigenvalue weighted by Crippen LogP contribution is 2.33. The van der Waals surface area contributed by atoms with Crippen LogP contribution in [0.25, 0.3) is 22.3 Å². The van der Waals surface area contributed by atoms with E-state index < -0.39 is 23.7 Å². The smallest absolute Gasteiger partial charge is 0.249 e. The van der Waals surface area contributed by atoms with E-state index in [1.165, 1.54) is 12.1 Å². The Morgan fingerprint density at radius 1 is 1.21 bits per heavy atom. The summed E-state index contributed by atoms with van der Waals surface area (Å²) in [7, 11) is -5.18. The molecule has 9 nitrogen and oxygen atoms in total. The van der Waals surface area contributed by atoms with Crippen LogP contribution in [0.3, 0.4) is 0 Å². The summed E-state index contributed by atoms with van der Waals surface area (Å²) < 4.78 is 53.7. The van der Waals surface area contributed by atoms with Gasteiger partial charge in [-0.3, -0.25) is 4.90 Å². The number of aryl methyl sites for hydroxylation is 1. The van der Waals surface area contributed by atoms with Crippen LogP contribution in [-0.2, 0) is 26.0 Å². The molecule has 0 amide bonds. The summed E-state index contributed by atoms with van der Waals surface area (Å²) in [6, 6.07) is 7.36. The number of benzene rings is 1. The topological polar surface area (TPSA) is 110 Å². The lowest BCUT2D eigenvalue weighted by Gasteiger charge is -2.26. The van der Waals surface area contributed by atoms with Crippen molar-refractivity contribution in [2.45, 2.75) is 44.5 Å². The largest absolute Gasteiger partial charge is 0.379 e. The number of aromatic nitrogens is 3. The molecule has 204 valence electrons. The van der Waals surface area contributed by atoms with E-state index in [9.17, 15) is 18.1 Å². The number of sulfone groups is 1. The Labute approximate surface area is 224 Å². The van der Waals surface area contributed by atoms with Gasteiger partial charge in [-0.25, -0.2) is 17.8 Å². The second kappa shape index (κ2) is 11.6. The Hall–Kier alpha value is -2.69. The molecular formula is C26H34FN5O4SSi. The van der Waals surface area contributed by atoms with E-state index in [0.29, 0.717) is 67.2 Å². The third kappa shape index (κ3) is 6.65. The first-order valence-electron chi connectivity index (χ1n) is 12.7. The first-order valence-corrected chi connectivity index (χ1v) is 18.0.